The lowest BCUT2D eigenvalue weighted by molar-refractivity contribution is -0.115. The summed E-state index contributed by atoms with van der Waals surface area (Å²) in [7, 11) is 0. The van der Waals surface area contributed by atoms with Gasteiger partial charge in [0.05, 0.1) is 10.9 Å². The first-order chi connectivity index (χ1) is 16.9. The van der Waals surface area contributed by atoms with Gasteiger partial charge in [-0.15, -0.1) is 5.10 Å². The van der Waals surface area contributed by atoms with Crippen LogP contribution in [0.4, 0.5) is 10.1 Å². The van der Waals surface area contributed by atoms with E-state index < -0.39 is 5.25 Å². The number of para-hydroxylation sites is 1. The molecule has 0 aliphatic carbocycles. The van der Waals surface area contributed by atoms with Crippen molar-refractivity contribution >= 4 is 23.4 Å². The molecule has 35 heavy (non-hydrogen) atoms. The second-order valence-electron chi connectivity index (χ2n) is 8.77. The van der Waals surface area contributed by atoms with Gasteiger partial charge in [0, 0.05) is 17.9 Å². The van der Waals surface area contributed by atoms with Gasteiger partial charge in [-0.2, -0.15) is 4.68 Å². The molecule has 9 heteroatoms. The van der Waals surface area contributed by atoms with Crippen molar-refractivity contribution in [1.29, 1.82) is 0 Å². The Hall–Kier alpha value is -3.46. The van der Waals surface area contributed by atoms with Gasteiger partial charge < -0.3 is 9.88 Å². The van der Waals surface area contributed by atoms with Crippen molar-refractivity contribution in [3.8, 4) is 17.1 Å². The molecule has 3 aliphatic rings. The van der Waals surface area contributed by atoms with Crippen molar-refractivity contribution in [2.45, 2.75) is 56.5 Å². The number of anilines is 1. The number of halogens is 1. The van der Waals surface area contributed by atoms with E-state index in [0.29, 0.717) is 33.5 Å². The van der Waals surface area contributed by atoms with Crippen LogP contribution in [0.2, 0.25) is 0 Å². The topological polar surface area (TPSA) is 81.8 Å². The highest BCUT2D eigenvalue weighted by molar-refractivity contribution is 8.00. The number of thioether (sulfide) groups is 1. The number of nitrogens with zero attached hydrogens (tertiary/aromatic N) is 4. The molecule has 3 aliphatic heterocycles. The van der Waals surface area contributed by atoms with Gasteiger partial charge >= 0.3 is 0 Å². The number of nitrogens with one attached hydrogen (secondary N) is 1. The minimum atomic E-state index is -0.493. The minimum absolute atomic E-state index is 0.173. The maximum atomic E-state index is 13.9. The summed E-state index contributed by atoms with van der Waals surface area (Å²) in [6, 6.07) is 14.0. The Labute approximate surface area is 206 Å². The number of benzene rings is 2. The quantitative estimate of drug-likeness (QED) is 0.320. The summed E-state index contributed by atoms with van der Waals surface area (Å²) in [6.07, 6.45) is 3.77. The number of carbonyl (C=O) groups is 1. The molecule has 1 atom stereocenters. The summed E-state index contributed by atoms with van der Waals surface area (Å²) in [5, 5.41) is 7.50. The molecule has 0 aromatic heterocycles. The number of carbonyl (C=O) groups excluding carboxylic acids is 1. The first kappa shape index (κ1) is 23.3. The summed E-state index contributed by atoms with van der Waals surface area (Å²) in [5.74, 6) is -0.219. The van der Waals surface area contributed by atoms with Crippen LogP contribution in [0.15, 0.2) is 58.5 Å². The molecule has 1 amide bonds. The van der Waals surface area contributed by atoms with E-state index in [4.69, 9.17) is 4.98 Å². The van der Waals surface area contributed by atoms with Gasteiger partial charge in [0.2, 0.25) is 5.91 Å². The van der Waals surface area contributed by atoms with E-state index in [1.165, 1.54) is 22.5 Å². The van der Waals surface area contributed by atoms with Crippen LogP contribution < -0.4 is 10.9 Å². The minimum Gasteiger partial charge on any atom is -0.325 e. The smallest absolute Gasteiger partial charge is 0.284 e. The van der Waals surface area contributed by atoms with Gasteiger partial charge in [-0.3, -0.25) is 9.59 Å². The molecular formula is C26H26FN5O2S. The van der Waals surface area contributed by atoms with Gasteiger partial charge in [0.1, 0.15) is 11.4 Å². The summed E-state index contributed by atoms with van der Waals surface area (Å²) in [5.41, 5.74) is 2.93. The largest absolute Gasteiger partial charge is 0.325 e. The second kappa shape index (κ2) is 9.65. The fourth-order valence-corrected chi connectivity index (χ4v) is 5.26. The SMILES string of the molecule is Cc1ccc(NC(=O)C(C)Sc2nc3nn(-c4ccccc4)c(=O)c-3c3n2CCCCC3)cc1F. The lowest BCUT2D eigenvalue weighted by Gasteiger charge is -2.19. The van der Waals surface area contributed by atoms with Crippen molar-refractivity contribution in [3.63, 3.8) is 0 Å². The van der Waals surface area contributed by atoms with Crippen molar-refractivity contribution in [3.05, 3.63) is 76.0 Å². The van der Waals surface area contributed by atoms with Gasteiger partial charge in [0.25, 0.3) is 5.56 Å². The number of aromatic nitrogens is 4. The summed E-state index contributed by atoms with van der Waals surface area (Å²) < 4.78 is 17.4. The van der Waals surface area contributed by atoms with Crippen LogP contribution in [-0.2, 0) is 17.8 Å². The normalized spacial score (nSPS) is 14.4. The summed E-state index contributed by atoms with van der Waals surface area (Å²) in [6.45, 7) is 4.20. The fourth-order valence-electron chi connectivity index (χ4n) is 4.31. The third-order valence-corrected chi connectivity index (χ3v) is 7.35. The molecule has 3 heterocycles. The van der Waals surface area contributed by atoms with E-state index in [1.807, 2.05) is 30.3 Å². The highest BCUT2D eigenvalue weighted by atomic mass is 32.2. The van der Waals surface area contributed by atoms with Crippen molar-refractivity contribution < 1.29 is 9.18 Å². The average Bonchev–Trinajstić information content (AvgIpc) is 3.02. The predicted octanol–water partition coefficient (Wildman–Crippen LogP) is 4.83. The molecule has 1 N–H and O–H groups in total. The Balaban J connectivity index is 1.50. The zero-order valence-corrected chi connectivity index (χ0v) is 20.4. The van der Waals surface area contributed by atoms with Crippen LogP contribution in [-0.4, -0.2) is 30.5 Å². The Morgan fingerprint density at radius 3 is 2.71 bits per heavy atom. The summed E-state index contributed by atoms with van der Waals surface area (Å²) >= 11 is 1.32. The molecule has 0 spiro atoms. The van der Waals surface area contributed by atoms with Gasteiger partial charge in [-0.05, 0) is 62.9 Å². The first-order valence-corrected chi connectivity index (χ1v) is 12.6. The maximum absolute atomic E-state index is 13.9. The highest BCUT2D eigenvalue weighted by Gasteiger charge is 2.28. The molecule has 0 saturated carbocycles. The monoisotopic (exact) mass is 491 g/mol. The zero-order valence-electron chi connectivity index (χ0n) is 19.6. The van der Waals surface area contributed by atoms with E-state index in [-0.39, 0.29) is 17.3 Å². The Kier molecular flexibility index (Phi) is 6.42. The van der Waals surface area contributed by atoms with E-state index in [0.717, 1.165) is 37.9 Å². The molecule has 5 rings (SSSR count). The van der Waals surface area contributed by atoms with Crippen molar-refractivity contribution in [2.75, 3.05) is 5.32 Å². The zero-order chi connectivity index (χ0) is 24.5. The van der Waals surface area contributed by atoms with Gasteiger partial charge in [-0.1, -0.05) is 42.4 Å². The van der Waals surface area contributed by atoms with Crippen LogP contribution in [0.25, 0.3) is 17.1 Å². The third-order valence-electron chi connectivity index (χ3n) is 6.26. The van der Waals surface area contributed by atoms with E-state index in [1.54, 1.807) is 26.0 Å². The molecule has 0 radical (unpaired) electrons. The van der Waals surface area contributed by atoms with Crippen LogP contribution in [0, 0.1) is 12.7 Å². The number of amides is 1. The summed E-state index contributed by atoms with van der Waals surface area (Å²) in [4.78, 5) is 31.0. The Bertz CT molecular complexity index is 1420. The molecule has 0 bridgehead atoms. The molecule has 1 unspecified atom stereocenters. The molecule has 0 saturated heterocycles. The molecule has 2 aromatic rings. The third kappa shape index (κ3) is 4.60. The fraction of sp³-hybridized carbons (Fsp3) is 0.308. The molecule has 7 nitrogen and oxygen atoms in total. The predicted molar refractivity (Wildman–Crippen MR) is 135 cm³/mol. The van der Waals surface area contributed by atoms with E-state index >= 15 is 0 Å². The molecule has 180 valence electrons. The molecular weight excluding hydrogens is 465 g/mol. The molecule has 2 aromatic carbocycles. The van der Waals surface area contributed by atoms with Crippen LogP contribution >= 0.6 is 11.8 Å². The molecule has 0 fully saturated rings. The number of fused-ring (bicyclic) bond motifs is 3. The Morgan fingerprint density at radius 2 is 1.94 bits per heavy atom. The van der Waals surface area contributed by atoms with Crippen molar-refractivity contribution in [2.24, 2.45) is 0 Å². The van der Waals surface area contributed by atoms with Crippen LogP contribution in [0.5, 0.6) is 0 Å². The van der Waals surface area contributed by atoms with Gasteiger partial charge in [0.15, 0.2) is 11.0 Å². The lowest BCUT2D eigenvalue weighted by atomic mass is 10.1. The number of hydrogen-bond acceptors (Lipinski definition) is 5. The number of rotatable bonds is 5. The van der Waals surface area contributed by atoms with Crippen molar-refractivity contribution in [1.82, 2.24) is 19.3 Å². The van der Waals surface area contributed by atoms with Crippen LogP contribution in [0.3, 0.4) is 0 Å². The highest BCUT2D eigenvalue weighted by Crippen LogP contribution is 2.32. The second-order valence-corrected chi connectivity index (χ2v) is 10.1. The lowest BCUT2D eigenvalue weighted by Crippen LogP contribution is -2.24. The van der Waals surface area contributed by atoms with Crippen LogP contribution in [0.1, 0.15) is 37.4 Å². The maximum Gasteiger partial charge on any atom is 0.284 e. The Morgan fingerprint density at radius 1 is 1.14 bits per heavy atom. The first-order valence-electron chi connectivity index (χ1n) is 11.7. The van der Waals surface area contributed by atoms with Gasteiger partial charge in [-0.25, -0.2) is 9.37 Å². The van der Waals surface area contributed by atoms with E-state index in [2.05, 4.69) is 15.0 Å². The number of aryl methyl sites for hydroxylation is 1. The standard InChI is InChI=1S/C26H26FN5O2S/c1-16-12-13-18(15-20(16)27)28-24(33)17(2)35-26-29-23-22(21-11-7-4-8-14-31(21)26)25(34)32(30-23)19-9-5-3-6-10-19/h3,5-6,9-10,12-13,15,17H,4,7-8,11,14H2,1-2H3,(H,28,33). The number of hydrogen-bond donors (Lipinski definition) is 1. The van der Waals surface area contributed by atoms with E-state index in [9.17, 15) is 14.0 Å². The average molecular weight is 492 g/mol.